The molecule has 2 N–H and O–H groups in total. The van der Waals surface area contributed by atoms with Crippen molar-refractivity contribution in [3.05, 3.63) is 23.8 Å². The van der Waals surface area contributed by atoms with Crippen molar-refractivity contribution in [2.45, 2.75) is 32.6 Å². The number of unbranched alkanes of at least 4 members (excludes halogenated alkanes) is 3. The van der Waals surface area contributed by atoms with Crippen LogP contribution in [0.15, 0.2) is 18.2 Å². The zero-order valence-electron chi connectivity index (χ0n) is 11.0. The maximum absolute atomic E-state index is 11.1. The summed E-state index contributed by atoms with van der Waals surface area (Å²) in [6.45, 7) is 2.95. The quantitative estimate of drug-likeness (QED) is 0.695. The van der Waals surface area contributed by atoms with Crippen molar-refractivity contribution >= 4 is 11.7 Å². The van der Waals surface area contributed by atoms with Crippen LogP contribution in [-0.2, 0) is 0 Å². The Morgan fingerprint density at radius 1 is 1.33 bits per heavy atom. The maximum atomic E-state index is 11.1. The summed E-state index contributed by atoms with van der Waals surface area (Å²) < 4.78 is 5.10. The number of aromatic carboxylic acids is 1. The lowest BCUT2D eigenvalue weighted by molar-refractivity contribution is 0.0698. The highest BCUT2D eigenvalue weighted by atomic mass is 16.5. The lowest BCUT2D eigenvalue weighted by atomic mass is 10.1. The molecule has 0 heterocycles. The van der Waals surface area contributed by atoms with Gasteiger partial charge in [0.1, 0.15) is 5.75 Å². The molecule has 100 valence electrons. The van der Waals surface area contributed by atoms with Crippen LogP contribution >= 0.6 is 0 Å². The van der Waals surface area contributed by atoms with Crippen LogP contribution in [0.5, 0.6) is 5.75 Å². The van der Waals surface area contributed by atoms with E-state index in [1.165, 1.54) is 12.8 Å². The number of carboxylic acids is 1. The molecule has 1 rings (SSSR count). The lowest BCUT2D eigenvalue weighted by Gasteiger charge is -2.11. The van der Waals surface area contributed by atoms with Crippen molar-refractivity contribution in [1.29, 1.82) is 0 Å². The van der Waals surface area contributed by atoms with Gasteiger partial charge in [-0.25, -0.2) is 4.79 Å². The highest BCUT2D eigenvalue weighted by Crippen LogP contribution is 2.22. The predicted molar refractivity (Wildman–Crippen MR) is 72.6 cm³/mol. The topological polar surface area (TPSA) is 58.6 Å². The van der Waals surface area contributed by atoms with E-state index < -0.39 is 5.97 Å². The molecule has 0 aliphatic heterocycles. The average molecular weight is 251 g/mol. The largest absolute Gasteiger partial charge is 0.497 e. The van der Waals surface area contributed by atoms with E-state index in [0.29, 0.717) is 11.4 Å². The van der Waals surface area contributed by atoms with E-state index >= 15 is 0 Å². The number of anilines is 1. The summed E-state index contributed by atoms with van der Waals surface area (Å²) in [6, 6.07) is 4.95. The minimum atomic E-state index is -0.922. The van der Waals surface area contributed by atoms with Crippen LogP contribution in [0.2, 0.25) is 0 Å². The van der Waals surface area contributed by atoms with Crippen LogP contribution in [0.25, 0.3) is 0 Å². The van der Waals surface area contributed by atoms with Gasteiger partial charge in [0.2, 0.25) is 0 Å². The van der Waals surface area contributed by atoms with Crippen LogP contribution < -0.4 is 10.1 Å². The molecule has 0 fully saturated rings. The smallest absolute Gasteiger partial charge is 0.337 e. The summed E-state index contributed by atoms with van der Waals surface area (Å²) in [5, 5.41) is 12.3. The molecule has 4 heteroatoms. The Labute approximate surface area is 108 Å². The number of hydrogen-bond donors (Lipinski definition) is 2. The fourth-order valence-corrected chi connectivity index (χ4v) is 1.76. The highest BCUT2D eigenvalue weighted by molar-refractivity contribution is 5.94. The van der Waals surface area contributed by atoms with E-state index in [1.807, 2.05) is 0 Å². The van der Waals surface area contributed by atoms with Crippen molar-refractivity contribution in [1.82, 2.24) is 0 Å². The predicted octanol–water partition coefficient (Wildman–Crippen LogP) is 3.39. The molecule has 0 aliphatic rings. The second-order valence-electron chi connectivity index (χ2n) is 4.20. The number of methoxy groups -OCH3 is 1. The molecule has 0 radical (unpaired) electrons. The van der Waals surface area contributed by atoms with Crippen molar-refractivity contribution in [3.8, 4) is 5.75 Å². The Kier molecular flexibility index (Phi) is 6.05. The Hall–Kier alpha value is -1.71. The van der Waals surface area contributed by atoms with Crippen molar-refractivity contribution < 1.29 is 14.6 Å². The standard InChI is InChI=1S/C14H21NO3/c1-3-4-5-6-9-15-13-10-11(18-2)7-8-12(13)14(16)17/h7-8,10,15H,3-6,9H2,1-2H3,(H,16,17). The summed E-state index contributed by atoms with van der Waals surface area (Å²) in [5.74, 6) is -0.259. The number of nitrogens with one attached hydrogen (secondary N) is 1. The van der Waals surface area contributed by atoms with E-state index in [9.17, 15) is 4.79 Å². The van der Waals surface area contributed by atoms with E-state index in [1.54, 1.807) is 25.3 Å². The second-order valence-corrected chi connectivity index (χ2v) is 4.20. The summed E-state index contributed by atoms with van der Waals surface area (Å²) in [4.78, 5) is 11.1. The zero-order valence-corrected chi connectivity index (χ0v) is 11.0. The molecule has 1 aromatic rings. The first-order chi connectivity index (χ1) is 8.69. The Bertz CT molecular complexity index is 391. The summed E-state index contributed by atoms with van der Waals surface area (Å²) in [7, 11) is 1.57. The summed E-state index contributed by atoms with van der Waals surface area (Å²) in [5.41, 5.74) is 0.907. The fourth-order valence-electron chi connectivity index (χ4n) is 1.76. The molecular weight excluding hydrogens is 230 g/mol. The first-order valence-corrected chi connectivity index (χ1v) is 6.34. The first-order valence-electron chi connectivity index (χ1n) is 6.34. The molecule has 0 unspecified atom stereocenters. The second kappa shape index (κ2) is 7.58. The van der Waals surface area contributed by atoms with Crippen LogP contribution in [0.3, 0.4) is 0 Å². The zero-order chi connectivity index (χ0) is 13.4. The fraction of sp³-hybridized carbons (Fsp3) is 0.500. The minimum absolute atomic E-state index is 0.284. The number of hydrogen-bond acceptors (Lipinski definition) is 3. The molecule has 0 saturated carbocycles. The third-order valence-corrected chi connectivity index (χ3v) is 2.80. The summed E-state index contributed by atoms with van der Waals surface area (Å²) >= 11 is 0. The molecule has 4 nitrogen and oxygen atoms in total. The van der Waals surface area contributed by atoms with E-state index in [-0.39, 0.29) is 5.56 Å². The van der Waals surface area contributed by atoms with Gasteiger partial charge in [0.25, 0.3) is 0 Å². The Balaban J connectivity index is 2.63. The van der Waals surface area contributed by atoms with Gasteiger partial charge < -0.3 is 15.2 Å². The van der Waals surface area contributed by atoms with E-state index in [2.05, 4.69) is 12.2 Å². The lowest BCUT2D eigenvalue weighted by Crippen LogP contribution is -2.08. The van der Waals surface area contributed by atoms with Gasteiger partial charge >= 0.3 is 5.97 Å². The van der Waals surface area contributed by atoms with Crippen molar-refractivity contribution in [2.75, 3.05) is 19.0 Å². The molecular formula is C14H21NO3. The highest BCUT2D eigenvalue weighted by Gasteiger charge is 2.10. The van der Waals surface area contributed by atoms with Gasteiger partial charge in [0.15, 0.2) is 0 Å². The monoisotopic (exact) mass is 251 g/mol. The van der Waals surface area contributed by atoms with Gasteiger partial charge in [-0.3, -0.25) is 0 Å². The maximum Gasteiger partial charge on any atom is 0.337 e. The first kappa shape index (κ1) is 14.4. The molecule has 18 heavy (non-hydrogen) atoms. The SMILES string of the molecule is CCCCCCNc1cc(OC)ccc1C(=O)O. The number of carbonyl (C=O) groups is 1. The van der Waals surface area contributed by atoms with Crippen LogP contribution in [-0.4, -0.2) is 24.7 Å². The van der Waals surface area contributed by atoms with Crippen LogP contribution in [0.4, 0.5) is 5.69 Å². The van der Waals surface area contributed by atoms with Crippen LogP contribution in [0.1, 0.15) is 43.0 Å². The molecule has 0 atom stereocenters. The van der Waals surface area contributed by atoms with Gasteiger partial charge in [-0.05, 0) is 18.6 Å². The van der Waals surface area contributed by atoms with Crippen LogP contribution in [0, 0.1) is 0 Å². The van der Waals surface area contributed by atoms with E-state index in [0.717, 1.165) is 19.4 Å². The van der Waals surface area contributed by atoms with Gasteiger partial charge in [-0.15, -0.1) is 0 Å². The summed E-state index contributed by atoms with van der Waals surface area (Å²) in [6.07, 6.45) is 4.62. The molecule has 0 saturated heterocycles. The molecule has 0 aliphatic carbocycles. The number of ether oxygens (including phenoxy) is 1. The molecule has 1 aromatic carbocycles. The van der Waals surface area contributed by atoms with Gasteiger partial charge in [0, 0.05) is 12.6 Å². The number of rotatable bonds is 8. The minimum Gasteiger partial charge on any atom is -0.497 e. The molecule has 0 aromatic heterocycles. The normalized spacial score (nSPS) is 10.1. The number of carboxylic acid groups (broad SMARTS) is 1. The van der Waals surface area contributed by atoms with Crippen molar-refractivity contribution in [2.24, 2.45) is 0 Å². The molecule has 0 bridgehead atoms. The van der Waals surface area contributed by atoms with Crippen molar-refractivity contribution in [3.63, 3.8) is 0 Å². The van der Waals surface area contributed by atoms with Gasteiger partial charge in [0.05, 0.1) is 18.4 Å². The Morgan fingerprint density at radius 3 is 2.72 bits per heavy atom. The van der Waals surface area contributed by atoms with E-state index in [4.69, 9.17) is 9.84 Å². The third-order valence-electron chi connectivity index (χ3n) is 2.80. The van der Waals surface area contributed by atoms with Gasteiger partial charge in [-0.1, -0.05) is 26.2 Å². The molecule has 0 amide bonds. The Morgan fingerprint density at radius 2 is 2.11 bits per heavy atom. The third kappa shape index (κ3) is 4.28. The number of benzene rings is 1. The van der Waals surface area contributed by atoms with Gasteiger partial charge in [-0.2, -0.15) is 0 Å². The molecule has 0 spiro atoms. The average Bonchev–Trinajstić information content (AvgIpc) is 2.38.